The molecule has 0 bridgehead atoms. The summed E-state index contributed by atoms with van der Waals surface area (Å²) in [5.74, 6) is 1.44. The Labute approximate surface area is 211 Å². The Morgan fingerprint density at radius 1 is 1.11 bits per heavy atom. The maximum absolute atomic E-state index is 12.5. The van der Waals surface area contributed by atoms with Gasteiger partial charge in [0.15, 0.2) is 5.75 Å². The maximum Gasteiger partial charge on any atom is 0.250 e. The molecule has 0 radical (unpaired) electrons. The summed E-state index contributed by atoms with van der Waals surface area (Å²) in [6, 6.07) is 17.6. The predicted molar refractivity (Wildman–Crippen MR) is 139 cm³/mol. The first kappa shape index (κ1) is 22.3. The average molecular weight is 498 g/mol. The van der Waals surface area contributed by atoms with Gasteiger partial charge in [0.2, 0.25) is 0 Å². The molecule has 5 heterocycles. The van der Waals surface area contributed by atoms with Crippen molar-refractivity contribution in [2.24, 2.45) is 0 Å². The number of aromatic amines is 1. The second kappa shape index (κ2) is 9.49. The molecule has 0 spiro atoms. The number of fused-ring (bicyclic) bond motifs is 2. The third-order valence-electron chi connectivity index (χ3n) is 6.34. The van der Waals surface area contributed by atoms with Gasteiger partial charge in [0.05, 0.1) is 18.9 Å². The van der Waals surface area contributed by atoms with Gasteiger partial charge in [-0.1, -0.05) is 0 Å². The first-order valence-electron chi connectivity index (χ1n) is 11.7. The number of ether oxygens (including phenoxy) is 2. The molecule has 9 heteroatoms. The molecule has 180 valence electrons. The number of morpholine rings is 1. The van der Waals surface area contributed by atoms with Crippen LogP contribution >= 0.6 is 11.3 Å². The highest BCUT2D eigenvalue weighted by Gasteiger charge is 2.23. The van der Waals surface area contributed by atoms with Gasteiger partial charge in [-0.05, 0) is 42.5 Å². The van der Waals surface area contributed by atoms with Gasteiger partial charge in [-0.25, -0.2) is 0 Å². The molecule has 6 rings (SSSR count). The fourth-order valence-corrected chi connectivity index (χ4v) is 5.30. The highest BCUT2D eigenvalue weighted by Crippen LogP contribution is 2.42. The third-order valence-corrected chi connectivity index (χ3v) is 7.33. The number of rotatable bonds is 5. The van der Waals surface area contributed by atoms with Crippen LogP contribution in [-0.2, 0) is 17.7 Å². The van der Waals surface area contributed by atoms with Gasteiger partial charge in [0.1, 0.15) is 22.4 Å². The normalized spacial score (nSPS) is 14.4. The molecule has 3 aromatic heterocycles. The number of pyridine rings is 2. The van der Waals surface area contributed by atoms with Crippen LogP contribution < -0.4 is 20.5 Å². The number of H-pyrrole nitrogens is 1. The molecule has 1 fully saturated rings. The average Bonchev–Trinajstić information content (AvgIpc) is 3.38. The quantitative estimate of drug-likeness (QED) is 0.368. The Morgan fingerprint density at radius 2 is 2.00 bits per heavy atom. The molecule has 0 unspecified atom stereocenters. The molecule has 4 aromatic rings. The van der Waals surface area contributed by atoms with Crippen molar-refractivity contribution >= 4 is 22.7 Å². The van der Waals surface area contributed by atoms with Gasteiger partial charge in [0.25, 0.3) is 5.56 Å². The Kier molecular flexibility index (Phi) is 5.89. The third kappa shape index (κ3) is 4.44. The fourth-order valence-electron chi connectivity index (χ4n) is 4.56. The lowest BCUT2D eigenvalue weighted by Gasteiger charge is -2.29. The lowest BCUT2D eigenvalue weighted by molar-refractivity contribution is 0.122. The largest absolute Gasteiger partial charge is 0.454 e. The van der Waals surface area contributed by atoms with E-state index in [2.05, 4.69) is 32.3 Å². The monoisotopic (exact) mass is 497 g/mol. The van der Waals surface area contributed by atoms with Crippen LogP contribution in [0.3, 0.4) is 0 Å². The van der Waals surface area contributed by atoms with Gasteiger partial charge < -0.3 is 24.7 Å². The lowest BCUT2D eigenvalue weighted by atomic mass is 9.99. The van der Waals surface area contributed by atoms with E-state index in [1.807, 2.05) is 36.4 Å². The Morgan fingerprint density at radius 3 is 2.83 bits per heavy atom. The minimum atomic E-state index is -0.173. The summed E-state index contributed by atoms with van der Waals surface area (Å²) < 4.78 is 11.8. The van der Waals surface area contributed by atoms with Crippen molar-refractivity contribution in [3.8, 4) is 29.0 Å². The topological polar surface area (TPSA) is 103 Å². The maximum atomic E-state index is 12.5. The van der Waals surface area contributed by atoms with E-state index < -0.39 is 0 Å². The number of thiophene rings is 1. The Bertz CT molecular complexity index is 1530. The van der Waals surface area contributed by atoms with Crippen molar-refractivity contribution in [1.82, 2.24) is 9.97 Å². The van der Waals surface area contributed by atoms with Crippen LogP contribution in [0, 0.1) is 11.3 Å². The molecule has 8 nitrogen and oxygen atoms in total. The van der Waals surface area contributed by atoms with Gasteiger partial charge >= 0.3 is 0 Å². The number of nitriles is 1. The highest BCUT2D eigenvalue weighted by molar-refractivity contribution is 7.12. The van der Waals surface area contributed by atoms with Crippen LogP contribution in [0.4, 0.5) is 11.4 Å². The number of hydrogen-bond donors (Lipinski definition) is 2. The van der Waals surface area contributed by atoms with Crippen molar-refractivity contribution in [2.75, 3.05) is 36.5 Å². The summed E-state index contributed by atoms with van der Waals surface area (Å²) in [7, 11) is 0. The number of benzene rings is 1. The van der Waals surface area contributed by atoms with Crippen LogP contribution in [0.25, 0.3) is 11.4 Å². The minimum absolute atomic E-state index is 0.173. The molecule has 1 aromatic carbocycles. The first-order chi connectivity index (χ1) is 17.7. The van der Waals surface area contributed by atoms with Gasteiger partial charge in [-0.3, -0.25) is 9.78 Å². The SMILES string of the molecule is N#Cc1ccc(CNc2ccc3c(c2)Cc2ccnc(-c4cc(N5CCOCC5)cc(=O)[nH]4)c2O3)s1. The van der Waals surface area contributed by atoms with E-state index in [1.165, 1.54) is 11.3 Å². The smallest absolute Gasteiger partial charge is 0.250 e. The zero-order valence-electron chi connectivity index (χ0n) is 19.4. The van der Waals surface area contributed by atoms with Crippen molar-refractivity contribution in [3.05, 3.63) is 86.0 Å². The van der Waals surface area contributed by atoms with E-state index in [4.69, 9.17) is 14.7 Å². The molecule has 1 saturated heterocycles. The van der Waals surface area contributed by atoms with E-state index in [1.54, 1.807) is 12.3 Å². The lowest BCUT2D eigenvalue weighted by Crippen LogP contribution is -2.36. The molecule has 0 aliphatic carbocycles. The van der Waals surface area contributed by atoms with Crippen molar-refractivity contribution in [3.63, 3.8) is 0 Å². The second-order valence-corrected chi connectivity index (χ2v) is 9.86. The molecular weight excluding hydrogens is 474 g/mol. The van der Waals surface area contributed by atoms with Gasteiger partial charge in [-0.2, -0.15) is 5.26 Å². The summed E-state index contributed by atoms with van der Waals surface area (Å²) in [6.07, 6.45) is 2.45. The molecule has 0 atom stereocenters. The number of anilines is 2. The van der Waals surface area contributed by atoms with Crippen LogP contribution in [-0.4, -0.2) is 36.3 Å². The van der Waals surface area contributed by atoms with E-state index in [0.29, 0.717) is 48.2 Å². The Balaban J connectivity index is 1.26. The zero-order chi connectivity index (χ0) is 24.5. The summed E-state index contributed by atoms with van der Waals surface area (Å²) in [6.45, 7) is 3.44. The first-order valence-corrected chi connectivity index (χ1v) is 12.6. The van der Waals surface area contributed by atoms with Crippen molar-refractivity contribution in [1.29, 1.82) is 5.26 Å². The minimum Gasteiger partial charge on any atom is -0.454 e. The standard InChI is InChI=1S/C27H23N5O3S/c28-15-21-2-3-22(36-21)16-30-19-1-4-24-18(12-19)11-17-5-6-29-26(27(17)35-24)23-13-20(14-25(33)31-23)32-7-9-34-10-8-32/h1-6,12-14,30H,7-11,16H2,(H,31,33). The van der Waals surface area contributed by atoms with Crippen LogP contribution in [0.15, 0.2) is 59.5 Å². The highest BCUT2D eigenvalue weighted by atomic mass is 32.1. The molecule has 2 N–H and O–H groups in total. The molecule has 36 heavy (non-hydrogen) atoms. The molecule has 2 aliphatic heterocycles. The van der Waals surface area contributed by atoms with Gasteiger partial charge in [0, 0.05) is 65.7 Å². The predicted octanol–water partition coefficient (Wildman–Crippen LogP) is 4.52. The Hall–Kier alpha value is -4.13. The van der Waals surface area contributed by atoms with Crippen molar-refractivity contribution < 1.29 is 9.47 Å². The van der Waals surface area contributed by atoms with Crippen LogP contribution in [0.5, 0.6) is 11.5 Å². The number of nitrogens with one attached hydrogen (secondary N) is 2. The number of aromatic nitrogens is 2. The molecule has 0 amide bonds. The van der Waals surface area contributed by atoms with E-state index in [0.717, 1.165) is 46.2 Å². The number of hydrogen-bond acceptors (Lipinski definition) is 8. The van der Waals surface area contributed by atoms with Gasteiger partial charge in [-0.15, -0.1) is 11.3 Å². The van der Waals surface area contributed by atoms with Crippen molar-refractivity contribution in [2.45, 2.75) is 13.0 Å². The van der Waals surface area contributed by atoms with Crippen LogP contribution in [0.1, 0.15) is 20.9 Å². The summed E-state index contributed by atoms with van der Waals surface area (Å²) in [5, 5.41) is 12.5. The van der Waals surface area contributed by atoms with E-state index in [9.17, 15) is 4.79 Å². The molecule has 2 aliphatic rings. The molecule has 0 saturated carbocycles. The fraction of sp³-hybridized carbons (Fsp3) is 0.222. The van der Waals surface area contributed by atoms with E-state index >= 15 is 0 Å². The number of nitrogens with zero attached hydrogens (tertiary/aromatic N) is 3. The zero-order valence-corrected chi connectivity index (χ0v) is 20.2. The second-order valence-electron chi connectivity index (χ2n) is 8.70. The van der Waals surface area contributed by atoms with Crippen LogP contribution in [0.2, 0.25) is 0 Å². The summed E-state index contributed by atoms with van der Waals surface area (Å²) >= 11 is 1.49. The van der Waals surface area contributed by atoms with E-state index in [-0.39, 0.29) is 5.56 Å². The molecular formula is C27H23N5O3S. The summed E-state index contributed by atoms with van der Waals surface area (Å²) in [5.41, 5.74) is 5.02. The summed E-state index contributed by atoms with van der Waals surface area (Å²) in [4.78, 5) is 24.0.